The highest BCUT2D eigenvalue weighted by Gasteiger charge is 2.29. The fourth-order valence-corrected chi connectivity index (χ4v) is 3.75. The van der Waals surface area contributed by atoms with Gasteiger partial charge in [0.1, 0.15) is 17.5 Å². The molecule has 1 aliphatic heterocycles. The topological polar surface area (TPSA) is 97.0 Å². The van der Waals surface area contributed by atoms with Crippen LogP contribution in [0.5, 0.6) is 0 Å². The maximum absolute atomic E-state index is 4.80. The SMILES string of the molecule is Cc1nc(NCC2CN(c3ccc4nnc(C(C)(C)C)n4n3)C2)c2cccnc2n1. The Hall–Kier alpha value is -3.36. The summed E-state index contributed by atoms with van der Waals surface area (Å²) < 4.78 is 1.86. The van der Waals surface area contributed by atoms with Crippen molar-refractivity contribution in [2.45, 2.75) is 33.1 Å². The molecule has 0 atom stereocenters. The number of anilines is 2. The normalized spacial score (nSPS) is 15.0. The van der Waals surface area contributed by atoms with Crippen LogP contribution in [-0.4, -0.2) is 54.4 Å². The molecule has 9 nitrogen and oxygen atoms in total. The molecule has 1 fully saturated rings. The quantitative estimate of drug-likeness (QED) is 0.555. The number of rotatable bonds is 4. The van der Waals surface area contributed by atoms with E-state index in [9.17, 15) is 0 Å². The first kappa shape index (κ1) is 18.7. The van der Waals surface area contributed by atoms with E-state index in [2.05, 4.69) is 56.1 Å². The number of pyridine rings is 1. The Kier molecular flexibility index (Phi) is 4.27. The first-order chi connectivity index (χ1) is 14.4. The van der Waals surface area contributed by atoms with Gasteiger partial charge in [-0.2, -0.15) is 4.52 Å². The Balaban J connectivity index is 1.27. The molecule has 0 aromatic carbocycles. The molecule has 5 heterocycles. The molecule has 30 heavy (non-hydrogen) atoms. The van der Waals surface area contributed by atoms with Gasteiger partial charge in [-0.3, -0.25) is 0 Å². The number of hydrogen-bond acceptors (Lipinski definition) is 8. The smallest absolute Gasteiger partial charge is 0.178 e. The summed E-state index contributed by atoms with van der Waals surface area (Å²) in [6.07, 6.45) is 1.76. The molecule has 0 amide bonds. The second-order valence-corrected chi connectivity index (χ2v) is 8.88. The van der Waals surface area contributed by atoms with Crippen molar-refractivity contribution in [3.8, 4) is 0 Å². The van der Waals surface area contributed by atoms with E-state index < -0.39 is 0 Å². The Bertz CT molecular complexity index is 1220. The maximum atomic E-state index is 4.80. The van der Waals surface area contributed by atoms with E-state index in [1.165, 1.54) is 0 Å². The van der Waals surface area contributed by atoms with E-state index in [0.717, 1.165) is 59.6 Å². The van der Waals surface area contributed by atoms with Crippen molar-refractivity contribution in [3.63, 3.8) is 0 Å². The van der Waals surface area contributed by atoms with E-state index in [0.29, 0.717) is 5.92 Å². The first-order valence-corrected chi connectivity index (χ1v) is 10.2. The molecule has 1 aliphatic rings. The lowest BCUT2D eigenvalue weighted by molar-refractivity contribution is 0.423. The van der Waals surface area contributed by atoms with Crippen molar-refractivity contribution in [3.05, 3.63) is 42.1 Å². The number of fused-ring (bicyclic) bond motifs is 2. The summed E-state index contributed by atoms with van der Waals surface area (Å²) in [6, 6.07) is 7.92. The highest BCUT2D eigenvalue weighted by Crippen LogP contribution is 2.26. The Morgan fingerprint density at radius 1 is 1.10 bits per heavy atom. The van der Waals surface area contributed by atoms with Crippen LogP contribution in [0.2, 0.25) is 0 Å². The maximum Gasteiger partial charge on any atom is 0.178 e. The Morgan fingerprint density at radius 2 is 1.93 bits per heavy atom. The predicted octanol–water partition coefficient (Wildman–Crippen LogP) is 2.62. The van der Waals surface area contributed by atoms with Gasteiger partial charge in [-0.05, 0) is 31.2 Å². The van der Waals surface area contributed by atoms with Crippen LogP contribution < -0.4 is 10.2 Å². The van der Waals surface area contributed by atoms with Gasteiger partial charge in [0.2, 0.25) is 0 Å². The first-order valence-electron chi connectivity index (χ1n) is 10.2. The summed E-state index contributed by atoms with van der Waals surface area (Å²) in [5, 5.41) is 17.8. The van der Waals surface area contributed by atoms with E-state index in [-0.39, 0.29) is 5.41 Å². The Morgan fingerprint density at radius 3 is 2.73 bits per heavy atom. The third kappa shape index (κ3) is 3.30. The molecule has 5 rings (SSSR count). The second-order valence-electron chi connectivity index (χ2n) is 8.88. The van der Waals surface area contributed by atoms with Gasteiger partial charge in [0, 0.05) is 37.2 Å². The lowest BCUT2D eigenvalue weighted by Crippen LogP contribution is -2.50. The number of hydrogen-bond donors (Lipinski definition) is 1. The summed E-state index contributed by atoms with van der Waals surface area (Å²) in [6.45, 7) is 11.0. The van der Waals surface area contributed by atoms with Gasteiger partial charge < -0.3 is 10.2 Å². The minimum absolute atomic E-state index is 0.111. The fraction of sp³-hybridized carbons (Fsp3) is 0.429. The highest BCUT2D eigenvalue weighted by molar-refractivity contribution is 5.86. The van der Waals surface area contributed by atoms with Crippen LogP contribution in [0, 0.1) is 12.8 Å². The van der Waals surface area contributed by atoms with Crippen molar-refractivity contribution >= 4 is 28.3 Å². The molecule has 9 heteroatoms. The van der Waals surface area contributed by atoms with Crippen molar-refractivity contribution in [2.24, 2.45) is 5.92 Å². The molecular weight excluding hydrogens is 378 g/mol. The van der Waals surface area contributed by atoms with Gasteiger partial charge in [-0.15, -0.1) is 15.3 Å². The summed E-state index contributed by atoms with van der Waals surface area (Å²) in [7, 11) is 0. The molecule has 1 N–H and O–H groups in total. The molecule has 4 aromatic heterocycles. The van der Waals surface area contributed by atoms with Crippen LogP contribution >= 0.6 is 0 Å². The molecule has 0 unspecified atom stereocenters. The molecule has 0 bridgehead atoms. The van der Waals surface area contributed by atoms with Gasteiger partial charge in [-0.1, -0.05) is 20.8 Å². The molecule has 0 spiro atoms. The van der Waals surface area contributed by atoms with Crippen molar-refractivity contribution in [2.75, 3.05) is 29.9 Å². The third-order valence-corrected chi connectivity index (χ3v) is 5.34. The monoisotopic (exact) mass is 403 g/mol. The van der Waals surface area contributed by atoms with E-state index >= 15 is 0 Å². The Labute approximate surface area is 174 Å². The second kappa shape index (κ2) is 6.86. The number of nitrogens with one attached hydrogen (secondary N) is 1. The van der Waals surface area contributed by atoms with E-state index in [1.807, 2.05) is 35.7 Å². The van der Waals surface area contributed by atoms with Crippen LogP contribution in [0.25, 0.3) is 16.7 Å². The van der Waals surface area contributed by atoms with Gasteiger partial charge in [0.25, 0.3) is 0 Å². The lowest BCUT2D eigenvalue weighted by Gasteiger charge is -2.40. The van der Waals surface area contributed by atoms with Crippen LogP contribution in [-0.2, 0) is 5.41 Å². The fourth-order valence-electron chi connectivity index (χ4n) is 3.75. The minimum atomic E-state index is -0.111. The predicted molar refractivity (Wildman–Crippen MR) is 116 cm³/mol. The number of aromatic nitrogens is 7. The summed E-state index contributed by atoms with van der Waals surface area (Å²) in [5.41, 5.74) is 1.39. The van der Waals surface area contributed by atoms with E-state index in [4.69, 9.17) is 5.10 Å². The highest BCUT2D eigenvalue weighted by atomic mass is 15.4. The van der Waals surface area contributed by atoms with Gasteiger partial charge in [0.05, 0.1) is 5.39 Å². The van der Waals surface area contributed by atoms with E-state index in [1.54, 1.807) is 6.20 Å². The van der Waals surface area contributed by atoms with Gasteiger partial charge in [0.15, 0.2) is 17.1 Å². The largest absolute Gasteiger partial charge is 0.369 e. The van der Waals surface area contributed by atoms with Crippen LogP contribution in [0.15, 0.2) is 30.5 Å². The zero-order valence-electron chi connectivity index (χ0n) is 17.7. The summed E-state index contributed by atoms with van der Waals surface area (Å²) >= 11 is 0. The van der Waals surface area contributed by atoms with Crippen molar-refractivity contribution in [1.82, 2.24) is 34.8 Å². The number of aryl methyl sites for hydroxylation is 1. The molecule has 0 radical (unpaired) electrons. The summed E-state index contributed by atoms with van der Waals surface area (Å²) in [4.78, 5) is 15.6. The standard InChI is InChI=1S/C21H25N9/c1-13-24-18-15(6-5-9-22-18)19(25-13)23-10-14-11-29(12-14)17-8-7-16-26-27-20(21(2,3)4)30(16)28-17/h5-9,14H,10-12H2,1-4H3,(H,22,23,24,25). The minimum Gasteiger partial charge on any atom is -0.369 e. The van der Waals surface area contributed by atoms with Crippen LogP contribution in [0.3, 0.4) is 0 Å². The molecule has 0 aliphatic carbocycles. The zero-order chi connectivity index (χ0) is 20.9. The van der Waals surface area contributed by atoms with Gasteiger partial charge in [-0.25, -0.2) is 15.0 Å². The molecular formula is C21H25N9. The van der Waals surface area contributed by atoms with Crippen LogP contribution in [0.4, 0.5) is 11.6 Å². The molecule has 1 saturated heterocycles. The average molecular weight is 403 g/mol. The van der Waals surface area contributed by atoms with Crippen LogP contribution in [0.1, 0.15) is 32.4 Å². The average Bonchev–Trinajstić information content (AvgIpc) is 3.10. The van der Waals surface area contributed by atoms with Crippen molar-refractivity contribution < 1.29 is 0 Å². The van der Waals surface area contributed by atoms with Gasteiger partial charge >= 0.3 is 0 Å². The molecule has 154 valence electrons. The third-order valence-electron chi connectivity index (χ3n) is 5.34. The lowest BCUT2D eigenvalue weighted by atomic mass is 9.96. The zero-order valence-corrected chi connectivity index (χ0v) is 17.7. The number of nitrogens with zero attached hydrogens (tertiary/aromatic N) is 8. The van der Waals surface area contributed by atoms with Crippen molar-refractivity contribution in [1.29, 1.82) is 0 Å². The summed E-state index contributed by atoms with van der Waals surface area (Å²) in [5.74, 6) is 3.92. The molecule has 0 saturated carbocycles. The molecule has 4 aromatic rings.